The molecule has 0 N–H and O–H groups in total. The van der Waals surface area contributed by atoms with Crippen LogP contribution in [0.15, 0.2) is 54.7 Å². The van der Waals surface area contributed by atoms with Crippen molar-refractivity contribution in [1.29, 1.82) is 0 Å². The van der Waals surface area contributed by atoms with Gasteiger partial charge in [0, 0.05) is 31.7 Å². The highest BCUT2D eigenvalue weighted by Gasteiger charge is 2.36. The molecule has 29 heavy (non-hydrogen) atoms. The van der Waals surface area contributed by atoms with Gasteiger partial charge in [-0.05, 0) is 30.5 Å². The third-order valence-corrected chi connectivity index (χ3v) is 5.52. The van der Waals surface area contributed by atoms with Gasteiger partial charge < -0.3 is 9.80 Å². The first-order valence-corrected chi connectivity index (χ1v) is 10.3. The van der Waals surface area contributed by atoms with Crippen molar-refractivity contribution in [2.75, 3.05) is 20.1 Å². The van der Waals surface area contributed by atoms with Crippen molar-refractivity contribution in [3.8, 4) is 0 Å². The minimum absolute atomic E-state index is 0.0657. The molecule has 1 aromatic carbocycles. The Kier molecular flexibility index (Phi) is 6.36. The second-order valence-corrected chi connectivity index (χ2v) is 8.86. The number of hydrogen-bond donors (Lipinski definition) is 0. The van der Waals surface area contributed by atoms with E-state index < -0.39 is 5.41 Å². The monoisotopic (exact) mass is 393 g/mol. The van der Waals surface area contributed by atoms with Crippen LogP contribution in [0.25, 0.3) is 0 Å². The molecule has 0 spiro atoms. The van der Waals surface area contributed by atoms with Gasteiger partial charge in [0.1, 0.15) is 0 Å². The number of aromatic nitrogens is 1. The molecule has 2 unspecified atom stereocenters. The van der Waals surface area contributed by atoms with Gasteiger partial charge in [0.15, 0.2) is 0 Å². The maximum Gasteiger partial charge on any atom is 0.228 e. The summed E-state index contributed by atoms with van der Waals surface area (Å²) in [6.45, 7) is 7.01. The fourth-order valence-corrected chi connectivity index (χ4v) is 4.02. The van der Waals surface area contributed by atoms with E-state index in [4.69, 9.17) is 0 Å². The summed E-state index contributed by atoms with van der Waals surface area (Å²) in [5, 5.41) is 0. The first kappa shape index (κ1) is 21.0. The highest BCUT2D eigenvalue weighted by Crippen LogP contribution is 2.30. The van der Waals surface area contributed by atoms with Gasteiger partial charge in [0.2, 0.25) is 11.8 Å². The normalized spacial score (nSPS) is 18.2. The number of nitrogens with zero attached hydrogens (tertiary/aromatic N) is 3. The number of benzene rings is 1. The van der Waals surface area contributed by atoms with Crippen LogP contribution in [0, 0.1) is 11.3 Å². The van der Waals surface area contributed by atoms with Gasteiger partial charge in [-0.25, -0.2) is 0 Å². The quantitative estimate of drug-likeness (QED) is 0.791. The Hall–Kier alpha value is -2.69. The van der Waals surface area contributed by atoms with E-state index in [1.807, 2.05) is 81.2 Å². The van der Waals surface area contributed by atoms with E-state index >= 15 is 0 Å². The Morgan fingerprint density at radius 3 is 2.41 bits per heavy atom. The van der Waals surface area contributed by atoms with Crippen LogP contribution in [-0.2, 0) is 9.59 Å². The van der Waals surface area contributed by atoms with E-state index in [1.54, 1.807) is 11.1 Å². The van der Waals surface area contributed by atoms with E-state index in [0.29, 0.717) is 6.54 Å². The summed E-state index contributed by atoms with van der Waals surface area (Å²) < 4.78 is 0. The number of rotatable bonds is 4. The number of pyridine rings is 1. The molecule has 1 saturated heterocycles. The number of hydrogen-bond acceptors (Lipinski definition) is 3. The summed E-state index contributed by atoms with van der Waals surface area (Å²) in [6.07, 6.45) is 3.42. The van der Waals surface area contributed by atoms with Crippen molar-refractivity contribution in [3.05, 3.63) is 66.0 Å². The Labute approximate surface area is 173 Å². The highest BCUT2D eigenvalue weighted by atomic mass is 16.2. The van der Waals surface area contributed by atoms with Gasteiger partial charge in [0.25, 0.3) is 0 Å². The Balaban J connectivity index is 1.83. The highest BCUT2D eigenvalue weighted by molar-refractivity contribution is 5.84. The second-order valence-electron chi connectivity index (χ2n) is 8.86. The fraction of sp³-hybridized carbons (Fsp3) is 0.458. The average Bonchev–Trinajstić information content (AvgIpc) is 2.73. The van der Waals surface area contributed by atoms with Crippen LogP contribution in [0.5, 0.6) is 0 Å². The largest absolute Gasteiger partial charge is 0.341 e. The lowest BCUT2D eigenvalue weighted by atomic mass is 9.90. The van der Waals surface area contributed by atoms with Crippen molar-refractivity contribution >= 4 is 11.8 Å². The molecule has 0 saturated carbocycles. The molecule has 5 nitrogen and oxygen atoms in total. The summed E-state index contributed by atoms with van der Waals surface area (Å²) in [5.41, 5.74) is 1.44. The Morgan fingerprint density at radius 1 is 1.10 bits per heavy atom. The number of carbonyl (C=O) groups excluding carboxylic acids is 2. The predicted octanol–water partition coefficient (Wildman–Crippen LogP) is 3.91. The topological polar surface area (TPSA) is 53.5 Å². The fourth-order valence-electron chi connectivity index (χ4n) is 4.02. The maximum absolute atomic E-state index is 13.5. The van der Waals surface area contributed by atoms with Gasteiger partial charge >= 0.3 is 0 Å². The minimum Gasteiger partial charge on any atom is -0.341 e. The average molecular weight is 394 g/mol. The lowest BCUT2D eigenvalue weighted by molar-refractivity contribution is -0.145. The summed E-state index contributed by atoms with van der Waals surface area (Å²) in [6, 6.07) is 15.5. The van der Waals surface area contributed by atoms with Crippen molar-refractivity contribution in [3.63, 3.8) is 0 Å². The molecular formula is C24H31N3O2. The molecule has 5 heteroatoms. The number of amides is 2. The smallest absolute Gasteiger partial charge is 0.228 e. The van der Waals surface area contributed by atoms with E-state index in [-0.39, 0.29) is 23.8 Å². The summed E-state index contributed by atoms with van der Waals surface area (Å²) in [7, 11) is 1.85. The molecule has 2 heterocycles. The van der Waals surface area contributed by atoms with Gasteiger partial charge in [-0.3, -0.25) is 14.6 Å². The molecule has 2 aromatic rings. The third-order valence-electron chi connectivity index (χ3n) is 5.52. The van der Waals surface area contributed by atoms with Gasteiger partial charge in [-0.15, -0.1) is 0 Å². The first-order valence-electron chi connectivity index (χ1n) is 10.3. The molecule has 1 aliphatic rings. The second kappa shape index (κ2) is 8.76. The zero-order chi connectivity index (χ0) is 21.0. The molecule has 0 aliphatic carbocycles. The molecule has 1 aliphatic heterocycles. The van der Waals surface area contributed by atoms with Crippen molar-refractivity contribution in [1.82, 2.24) is 14.8 Å². The minimum atomic E-state index is -0.433. The van der Waals surface area contributed by atoms with Crippen LogP contribution in [0.1, 0.15) is 50.9 Å². The third kappa shape index (κ3) is 4.84. The number of carbonyl (C=O) groups is 2. The van der Waals surface area contributed by atoms with Crippen LogP contribution in [0.2, 0.25) is 0 Å². The lowest BCUT2D eigenvalue weighted by Crippen LogP contribution is -2.49. The summed E-state index contributed by atoms with van der Waals surface area (Å²) in [5.74, 6) is -0.00659. The van der Waals surface area contributed by atoms with Crippen molar-refractivity contribution in [2.24, 2.45) is 11.3 Å². The SMILES string of the molecule is CN(C(=O)C1CCCN(C(=O)C(C)(C)C)C1)C(c1ccccc1)c1ccccn1. The van der Waals surface area contributed by atoms with Gasteiger partial charge in [-0.2, -0.15) is 0 Å². The Morgan fingerprint density at radius 2 is 1.79 bits per heavy atom. The van der Waals surface area contributed by atoms with Crippen molar-refractivity contribution < 1.29 is 9.59 Å². The van der Waals surface area contributed by atoms with Crippen LogP contribution in [0.3, 0.4) is 0 Å². The van der Waals surface area contributed by atoms with Crippen LogP contribution in [0.4, 0.5) is 0 Å². The molecule has 3 rings (SSSR count). The maximum atomic E-state index is 13.5. The van der Waals surface area contributed by atoms with E-state index in [9.17, 15) is 9.59 Å². The molecule has 154 valence electrons. The van der Waals surface area contributed by atoms with Gasteiger partial charge in [-0.1, -0.05) is 57.2 Å². The van der Waals surface area contributed by atoms with Gasteiger partial charge in [0.05, 0.1) is 17.7 Å². The number of likely N-dealkylation sites (tertiary alicyclic amines) is 1. The molecule has 2 atom stereocenters. The molecule has 1 aromatic heterocycles. The summed E-state index contributed by atoms with van der Waals surface area (Å²) >= 11 is 0. The van der Waals surface area contributed by atoms with Crippen molar-refractivity contribution in [2.45, 2.75) is 39.7 Å². The molecular weight excluding hydrogens is 362 g/mol. The predicted molar refractivity (Wildman–Crippen MR) is 114 cm³/mol. The zero-order valence-corrected chi connectivity index (χ0v) is 17.8. The standard InChI is InChI=1S/C24H31N3O2/c1-24(2,3)23(29)27-16-10-13-19(17-27)22(28)26(4)21(18-11-6-5-7-12-18)20-14-8-9-15-25-20/h5-9,11-12,14-15,19,21H,10,13,16-17H2,1-4H3. The lowest BCUT2D eigenvalue weighted by Gasteiger charge is -2.38. The molecule has 0 radical (unpaired) electrons. The van der Waals surface area contributed by atoms with E-state index in [1.165, 1.54) is 0 Å². The Bertz CT molecular complexity index is 791. The molecule has 1 fully saturated rings. The zero-order valence-electron chi connectivity index (χ0n) is 17.8. The van der Waals surface area contributed by atoms with E-state index in [0.717, 1.165) is 30.6 Å². The van der Waals surface area contributed by atoms with Crippen LogP contribution in [-0.4, -0.2) is 46.7 Å². The van der Waals surface area contributed by atoms with E-state index in [2.05, 4.69) is 4.98 Å². The van der Waals surface area contributed by atoms with Crippen LogP contribution < -0.4 is 0 Å². The summed E-state index contributed by atoms with van der Waals surface area (Å²) in [4.78, 5) is 34.4. The molecule has 0 bridgehead atoms. The first-order chi connectivity index (χ1) is 13.8. The van der Waals surface area contributed by atoms with Crippen LogP contribution >= 0.6 is 0 Å². The molecule has 2 amide bonds. The number of piperidine rings is 1.